The molecule has 0 radical (unpaired) electrons. The van der Waals surface area contributed by atoms with E-state index in [9.17, 15) is 13.2 Å². The molecule has 1 atom stereocenters. The first kappa shape index (κ1) is 22.5. The number of sulfonamides is 1. The molecule has 31 heavy (non-hydrogen) atoms. The van der Waals surface area contributed by atoms with E-state index in [0.29, 0.717) is 25.2 Å². The first-order valence-electron chi connectivity index (χ1n) is 11.1. The highest BCUT2D eigenvalue weighted by atomic mass is 32.2. The summed E-state index contributed by atoms with van der Waals surface area (Å²) in [6, 6.07) is 10.7. The molecule has 0 aliphatic carbocycles. The molecule has 0 bridgehead atoms. The molecule has 2 saturated heterocycles. The highest BCUT2D eigenvalue weighted by Crippen LogP contribution is 2.29. The van der Waals surface area contributed by atoms with Crippen LogP contribution in [0.25, 0.3) is 0 Å². The van der Waals surface area contributed by atoms with Gasteiger partial charge in [0.2, 0.25) is 10.0 Å². The van der Waals surface area contributed by atoms with Gasteiger partial charge in [-0.1, -0.05) is 13.0 Å². The second-order valence-corrected chi connectivity index (χ2v) is 11.5. The average molecular weight is 462 g/mol. The molecule has 8 heteroatoms. The van der Waals surface area contributed by atoms with Gasteiger partial charge in [-0.3, -0.25) is 9.69 Å². The van der Waals surface area contributed by atoms with Gasteiger partial charge in [0.05, 0.1) is 10.9 Å². The fraction of sp³-hybridized carbons (Fsp3) is 0.522. The summed E-state index contributed by atoms with van der Waals surface area (Å²) < 4.78 is 26.9. The summed E-state index contributed by atoms with van der Waals surface area (Å²) in [4.78, 5) is 16.8. The molecule has 1 aromatic carbocycles. The van der Waals surface area contributed by atoms with Gasteiger partial charge in [0, 0.05) is 30.1 Å². The Labute approximate surface area is 189 Å². The minimum absolute atomic E-state index is 0.169. The van der Waals surface area contributed by atoms with Crippen molar-refractivity contribution in [3.63, 3.8) is 0 Å². The molecule has 2 aliphatic rings. The van der Waals surface area contributed by atoms with Crippen LogP contribution in [0.4, 0.5) is 0 Å². The molecular formula is C23H31N3O3S2. The number of carbonyl (C=O) groups is 1. The fourth-order valence-electron chi connectivity index (χ4n) is 4.38. The Morgan fingerprint density at radius 3 is 2.39 bits per heavy atom. The number of piperidine rings is 1. The number of benzene rings is 1. The highest BCUT2D eigenvalue weighted by Gasteiger charge is 2.28. The van der Waals surface area contributed by atoms with Crippen LogP contribution >= 0.6 is 11.3 Å². The Hall–Kier alpha value is -1.74. The molecule has 2 aromatic rings. The molecule has 1 amide bonds. The van der Waals surface area contributed by atoms with Gasteiger partial charge in [-0.25, -0.2) is 8.42 Å². The quantitative estimate of drug-likeness (QED) is 0.682. The van der Waals surface area contributed by atoms with E-state index in [-0.39, 0.29) is 16.8 Å². The molecule has 0 saturated carbocycles. The van der Waals surface area contributed by atoms with Crippen molar-refractivity contribution < 1.29 is 13.2 Å². The Bertz CT molecular complexity index is 960. The second kappa shape index (κ2) is 9.81. The van der Waals surface area contributed by atoms with Crippen molar-refractivity contribution in [1.82, 2.24) is 14.5 Å². The number of nitrogens with zero attached hydrogens (tertiary/aromatic N) is 2. The maximum Gasteiger partial charge on any atom is 0.251 e. The summed E-state index contributed by atoms with van der Waals surface area (Å²) in [5, 5.41) is 5.15. The van der Waals surface area contributed by atoms with Crippen LogP contribution in [0.5, 0.6) is 0 Å². The third-order valence-corrected chi connectivity index (χ3v) is 9.29. The number of rotatable bonds is 7. The highest BCUT2D eigenvalue weighted by molar-refractivity contribution is 7.89. The first-order chi connectivity index (χ1) is 14.9. The van der Waals surface area contributed by atoms with Gasteiger partial charge in [0.25, 0.3) is 5.91 Å². The Kier molecular flexibility index (Phi) is 7.11. The summed E-state index contributed by atoms with van der Waals surface area (Å²) in [5.74, 6) is 0.585. The van der Waals surface area contributed by atoms with Crippen LogP contribution in [-0.4, -0.2) is 56.3 Å². The number of hydrogen-bond acceptors (Lipinski definition) is 5. The zero-order chi connectivity index (χ0) is 21.8. The largest absolute Gasteiger partial charge is 0.350 e. The van der Waals surface area contributed by atoms with E-state index in [1.807, 2.05) is 0 Å². The molecule has 3 heterocycles. The lowest BCUT2D eigenvalue weighted by atomic mass is 9.97. The van der Waals surface area contributed by atoms with Crippen LogP contribution in [0.3, 0.4) is 0 Å². The van der Waals surface area contributed by atoms with Gasteiger partial charge in [0.1, 0.15) is 0 Å². The minimum Gasteiger partial charge on any atom is -0.350 e. The summed E-state index contributed by atoms with van der Waals surface area (Å²) in [6.07, 6.45) is 4.17. The summed E-state index contributed by atoms with van der Waals surface area (Å²) in [7, 11) is -3.46. The Morgan fingerprint density at radius 1 is 1.10 bits per heavy atom. The van der Waals surface area contributed by atoms with Crippen molar-refractivity contribution in [1.29, 1.82) is 0 Å². The van der Waals surface area contributed by atoms with Crippen LogP contribution < -0.4 is 5.32 Å². The van der Waals surface area contributed by atoms with Gasteiger partial charge in [-0.05, 0) is 80.4 Å². The van der Waals surface area contributed by atoms with E-state index in [2.05, 4.69) is 34.7 Å². The van der Waals surface area contributed by atoms with E-state index in [1.54, 1.807) is 35.6 Å². The smallest absolute Gasteiger partial charge is 0.251 e. The Morgan fingerprint density at radius 2 is 1.77 bits per heavy atom. The summed E-state index contributed by atoms with van der Waals surface area (Å²) in [6.45, 7) is 6.08. The normalized spacial score (nSPS) is 20.0. The predicted octanol–water partition coefficient (Wildman–Crippen LogP) is 3.74. The zero-order valence-corrected chi connectivity index (χ0v) is 19.6. The molecule has 1 aromatic heterocycles. The van der Waals surface area contributed by atoms with E-state index < -0.39 is 10.0 Å². The van der Waals surface area contributed by atoms with Gasteiger partial charge < -0.3 is 5.32 Å². The van der Waals surface area contributed by atoms with Crippen LogP contribution in [0.15, 0.2) is 46.7 Å². The summed E-state index contributed by atoms with van der Waals surface area (Å²) in [5.41, 5.74) is 0.484. The number of thiophene rings is 1. The van der Waals surface area contributed by atoms with Gasteiger partial charge in [-0.2, -0.15) is 4.31 Å². The number of likely N-dealkylation sites (tertiary alicyclic amines) is 1. The standard InChI is InChI=1S/C23H31N3O3S2/c1-18-10-14-25(15-11-18)21(22-5-4-16-30-22)17-24-23(27)19-6-8-20(9-7-19)31(28,29)26-12-2-3-13-26/h4-9,16,18,21H,2-3,10-15,17H2,1H3,(H,24,27)/t21-/m1/s1. The lowest BCUT2D eigenvalue weighted by Crippen LogP contribution is -2.41. The molecule has 0 spiro atoms. The van der Waals surface area contributed by atoms with Gasteiger partial charge >= 0.3 is 0 Å². The lowest BCUT2D eigenvalue weighted by molar-refractivity contribution is 0.0915. The van der Waals surface area contributed by atoms with Crippen molar-refractivity contribution in [3.8, 4) is 0 Å². The number of carbonyl (C=O) groups excluding carboxylic acids is 1. The SMILES string of the molecule is CC1CCN([C@H](CNC(=O)c2ccc(S(=O)(=O)N3CCCC3)cc2)c2cccs2)CC1. The third kappa shape index (κ3) is 5.19. The van der Waals surface area contributed by atoms with Crippen LogP contribution in [0.2, 0.25) is 0 Å². The zero-order valence-electron chi connectivity index (χ0n) is 18.0. The lowest BCUT2D eigenvalue weighted by Gasteiger charge is -2.36. The van der Waals surface area contributed by atoms with Crippen molar-refractivity contribution in [3.05, 3.63) is 52.2 Å². The summed E-state index contributed by atoms with van der Waals surface area (Å²) >= 11 is 1.73. The molecule has 4 rings (SSSR count). The molecular weight excluding hydrogens is 430 g/mol. The van der Waals surface area contributed by atoms with E-state index in [1.165, 1.54) is 22.0 Å². The average Bonchev–Trinajstić information content (AvgIpc) is 3.50. The maximum absolute atomic E-state index is 12.8. The number of amides is 1. The molecule has 1 N–H and O–H groups in total. The molecule has 168 valence electrons. The maximum atomic E-state index is 12.8. The topological polar surface area (TPSA) is 69.7 Å². The molecule has 2 fully saturated rings. The number of nitrogens with one attached hydrogen (secondary N) is 1. The number of hydrogen-bond donors (Lipinski definition) is 1. The van der Waals surface area contributed by atoms with Gasteiger partial charge in [-0.15, -0.1) is 11.3 Å². The second-order valence-electron chi connectivity index (χ2n) is 8.60. The van der Waals surface area contributed by atoms with Crippen molar-refractivity contribution in [2.45, 2.75) is 43.5 Å². The van der Waals surface area contributed by atoms with Crippen LogP contribution in [0.1, 0.15) is 53.9 Å². The van der Waals surface area contributed by atoms with Crippen LogP contribution in [0, 0.1) is 5.92 Å². The van der Waals surface area contributed by atoms with E-state index in [4.69, 9.17) is 0 Å². The van der Waals surface area contributed by atoms with Crippen molar-refractivity contribution >= 4 is 27.3 Å². The van der Waals surface area contributed by atoms with E-state index in [0.717, 1.165) is 31.8 Å². The van der Waals surface area contributed by atoms with Crippen molar-refractivity contribution in [2.75, 3.05) is 32.7 Å². The van der Waals surface area contributed by atoms with Crippen molar-refractivity contribution in [2.24, 2.45) is 5.92 Å². The van der Waals surface area contributed by atoms with Crippen LogP contribution in [-0.2, 0) is 10.0 Å². The monoisotopic (exact) mass is 461 g/mol. The fourth-order valence-corrected chi connectivity index (χ4v) is 6.76. The first-order valence-corrected chi connectivity index (χ1v) is 13.4. The Balaban J connectivity index is 1.41. The van der Waals surface area contributed by atoms with Gasteiger partial charge in [0.15, 0.2) is 0 Å². The van der Waals surface area contributed by atoms with E-state index >= 15 is 0 Å². The minimum atomic E-state index is -3.46. The molecule has 0 unspecified atom stereocenters. The third-order valence-electron chi connectivity index (χ3n) is 6.41. The molecule has 6 nitrogen and oxygen atoms in total. The predicted molar refractivity (Wildman–Crippen MR) is 124 cm³/mol. The molecule has 2 aliphatic heterocycles.